The molecule has 1 aromatic carbocycles. The minimum atomic E-state index is -0.487. The molecule has 2 aromatic rings. The second-order valence-electron chi connectivity index (χ2n) is 7.03. The van der Waals surface area contributed by atoms with Crippen LogP contribution in [0.4, 0.5) is 0 Å². The zero-order valence-corrected chi connectivity index (χ0v) is 18.2. The molecule has 30 heavy (non-hydrogen) atoms. The molecule has 1 saturated heterocycles. The van der Waals surface area contributed by atoms with E-state index < -0.39 is 6.10 Å². The van der Waals surface area contributed by atoms with Gasteiger partial charge in [0.1, 0.15) is 18.1 Å². The van der Waals surface area contributed by atoms with E-state index in [1.165, 1.54) is 0 Å². The topological polar surface area (TPSA) is 128 Å². The van der Waals surface area contributed by atoms with Crippen molar-refractivity contribution in [2.24, 2.45) is 5.73 Å². The van der Waals surface area contributed by atoms with Gasteiger partial charge < -0.3 is 30.7 Å². The maximum Gasteiger partial charge on any atom is 0.163 e. The summed E-state index contributed by atoms with van der Waals surface area (Å²) in [5, 5.41) is 30.4. The predicted molar refractivity (Wildman–Crippen MR) is 117 cm³/mol. The first-order valence-corrected chi connectivity index (χ1v) is 10.4. The van der Waals surface area contributed by atoms with Crippen molar-refractivity contribution >= 4 is 17.3 Å². The Balaban J connectivity index is 0.000000469. The quantitative estimate of drug-likeness (QED) is 0.474. The number of aromatic nitrogens is 3. The lowest BCUT2D eigenvalue weighted by molar-refractivity contribution is -0.0512. The van der Waals surface area contributed by atoms with E-state index in [2.05, 4.69) is 27.8 Å². The van der Waals surface area contributed by atoms with Crippen LogP contribution in [0.5, 0.6) is 5.75 Å². The van der Waals surface area contributed by atoms with Crippen molar-refractivity contribution in [3.05, 3.63) is 41.7 Å². The van der Waals surface area contributed by atoms with Crippen molar-refractivity contribution in [1.29, 1.82) is 0 Å². The van der Waals surface area contributed by atoms with Crippen molar-refractivity contribution in [2.45, 2.75) is 58.2 Å². The van der Waals surface area contributed by atoms with Crippen LogP contribution >= 0.6 is 12.2 Å². The van der Waals surface area contributed by atoms with E-state index in [1.807, 2.05) is 37.4 Å². The number of nitrogens with two attached hydrogens (primary N) is 1. The number of nitrogens with one attached hydrogen (secondary N) is 1. The van der Waals surface area contributed by atoms with E-state index in [4.69, 9.17) is 15.2 Å². The summed E-state index contributed by atoms with van der Waals surface area (Å²) in [4.78, 5) is 0. The first-order valence-electron chi connectivity index (χ1n) is 10.00. The van der Waals surface area contributed by atoms with Gasteiger partial charge in [0.05, 0.1) is 31.1 Å². The molecule has 5 N–H and O–H groups in total. The van der Waals surface area contributed by atoms with Gasteiger partial charge in [-0.05, 0) is 50.2 Å². The summed E-state index contributed by atoms with van der Waals surface area (Å²) in [5.41, 5.74) is 6.60. The third-order valence-corrected chi connectivity index (χ3v) is 4.56. The fourth-order valence-corrected chi connectivity index (χ4v) is 3.01. The highest BCUT2D eigenvalue weighted by Gasteiger charge is 2.21. The minimum absolute atomic E-state index is 0.0303. The van der Waals surface area contributed by atoms with E-state index in [1.54, 1.807) is 11.6 Å². The molecule has 9 nitrogen and oxygen atoms in total. The molecule has 3 rings (SSSR count). The lowest BCUT2D eigenvalue weighted by Crippen LogP contribution is -2.32. The summed E-state index contributed by atoms with van der Waals surface area (Å²) in [5.74, 6) is 0.715. The lowest BCUT2D eigenvalue weighted by Gasteiger charge is -2.26. The molecule has 3 unspecified atom stereocenters. The van der Waals surface area contributed by atoms with E-state index >= 15 is 0 Å². The number of benzene rings is 1. The van der Waals surface area contributed by atoms with Gasteiger partial charge in [-0.3, -0.25) is 0 Å². The first kappa shape index (κ1) is 24.0. The average Bonchev–Trinajstić information content (AvgIpc) is 3.14. The third-order valence-electron chi connectivity index (χ3n) is 4.42. The molecule has 0 aliphatic carbocycles. The summed E-state index contributed by atoms with van der Waals surface area (Å²) in [6.07, 6.45) is 2.34. The molecule has 1 aliphatic rings. The smallest absolute Gasteiger partial charge is 0.163 e. The minimum Gasteiger partial charge on any atom is -0.487 e. The SMILES string of the molecule is CC(O)c1ccc(OCc2cn(CC3CC(O)CCO3)nn2)cc1.CCNC(N)=S. The van der Waals surface area contributed by atoms with Crippen LogP contribution in [-0.2, 0) is 17.9 Å². The summed E-state index contributed by atoms with van der Waals surface area (Å²) in [7, 11) is 0. The largest absolute Gasteiger partial charge is 0.487 e. The van der Waals surface area contributed by atoms with Crippen LogP contribution in [0.2, 0.25) is 0 Å². The Morgan fingerprint density at radius 3 is 2.73 bits per heavy atom. The average molecular weight is 438 g/mol. The Morgan fingerprint density at radius 2 is 2.17 bits per heavy atom. The van der Waals surface area contributed by atoms with Crippen LogP contribution in [0, 0.1) is 0 Å². The molecule has 0 saturated carbocycles. The zero-order chi connectivity index (χ0) is 21.9. The van der Waals surface area contributed by atoms with Gasteiger partial charge in [-0.2, -0.15) is 0 Å². The molecular formula is C20H31N5O4S. The number of hydrogen-bond donors (Lipinski definition) is 4. The van der Waals surface area contributed by atoms with Gasteiger partial charge in [0.25, 0.3) is 0 Å². The second kappa shape index (κ2) is 12.4. The molecule has 1 aromatic heterocycles. The number of ether oxygens (including phenoxy) is 2. The number of nitrogens with zero attached hydrogens (tertiary/aromatic N) is 3. The van der Waals surface area contributed by atoms with Crippen LogP contribution < -0.4 is 15.8 Å². The number of aliphatic hydroxyl groups excluding tert-OH is 2. The molecule has 0 spiro atoms. The Hall–Kier alpha value is -2.27. The molecule has 2 heterocycles. The van der Waals surface area contributed by atoms with Crippen LogP contribution in [0.1, 0.15) is 44.1 Å². The number of rotatable bonds is 7. The van der Waals surface area contributed by atoms with Crippen molar-refractivity contribution in [2.75, 3.05) is 13.2 Å². The molecular weight excluding hydrogens is 406 g/mol. The Bertz CT molecular complexity index is 769. The van der Waals surface area contributed by atoms with Crippen molar-refractivity contribution in [3.8, 4) is 5.75 Å². The highest BCUT2D eigenvalue weighted by atomic mass is 32.1. The van der Waals surface area contributed by atoms with Crippen LogP contribution in [0.3, 0.4) is 0 Å². The van der Waals surface area contributed by atoms with E-state index in [9.17, 15) is 10.2 Å². The molecule has 1 aliphatic heterocycles. The molecule has 3 atom stereocenters. The van der Waals surface area contributed by atoms with Crippen molar-refractivity contribution in [1.82, 2.24) is 20.3 Å². The van der Waals surface area contributed by atoms with Gasteiger partial charge in [0.2, 0.25) is 0 Å². The summed E-state index contributed by atoms with van der Waals surface area (Å²) in [6, 6.07) is 7.32. The van der Waals surface area contributed by atoms with Gasteiger partial charge >= 0.3 is 0 Å². The molecule has 1 fully saturated rings. The van der Waals surface area contributed by atoms with E-state index in [-0.39, 0.29) is 12.2 Å². The maximum absolute atomic E-state index is 9.67. The highest BCUT2D eigenvalue weighted by molar-refractivity contribution is 7.80. The molecule has 0 bridgehead atoms. The van der Waals surface area contributed by atoms with Crippen molar-refractivity contribution < 1.29 is 19.7 Å². The van der Waals surface area contributed by atoms with Gasteiger partial charge in [0.15, 0.2) is 5.11 Å². The Kier molecular flexibility index (Phi) is 9.95. The number of hydrogen-bond acceptors (Lipinski definition) is 7. The van der Waals surface area contributed by atoms with Gasteiger partial charge in [-0.25, -0.2) is 4.68 Å². The van der Waals surface area contributed by atoms with Crippen LogP contribution in [0.25, 0.3) is 0 Å². The monoisotopic (exact) mass is 437 g/mol. The standard InChI is InChI=1S/C17H23N3O4.C3H8N2S/c1-12(21)13-2-4-16(5-3-13)24-11-14-9-20(19-18-14)10-17-8-15(22)6-7-23-17;1-2-5-3(4)6/h2-5,9,12,15,17,21-22H,6-8,10-11H2,1H3;2H2,1H3,(H3,4,5,6). The number of thiocarbonyl (C=S) groups is 1. The molecule has 10 heteroatoms. The predicted octanol–water partition coefficient (Wildman–Crippen LogP) is 1.29. The number of aliphatic hydroxyl groups is 2. The highest BCUT2D eigenvalue weighted by Crippen LogP contribution is 2.18. The molecule has 166 valence electrons. The second-order valence-corrected chi connectivity index (χ2v) is 7.47. The van der Waals surface area contributed by atoms with E-state index in [0.717, 1.165) is 17.8 Å². The molecule has 0 radical (unpaired) electrons. The molecule has 0 amide bonds. The zero-order valence-electron chi connectivity index (χ0n) is 17.4. The Morgan fingerprint density at radius 1 is 1.43 bits per heavy atom. The Labute approximate surface area is 182 Å². The summed E-state index contributed by atoms with van der Waals surface area (Å²) in [6.45, 7) is 5.96. The van der Waals surface area contributed by atoms with Gasteiger partial charge in [0, 0.05) is 19.6 Å². The maximum atomic E-state index is 9.67. The first-order chi connectivity index (χ1) is 14.4. The third kappa shape index (κ3) is 8.62. The van der Waals surface area contributed by atoms with E-state index in [0.29, 0.717) is 43.5 Å². The fourth-order valence-electron chi connectivity index (χ4n) is 2.86. The normalized spacial score (nSPS) is 19.3. The lowest BCUT2D eigenvalue weighted by atomic mass is 10.1. The van der Waals surface area contributed by atoms with Crippen LogP contribution in [0.15, 0.2) is 30.5 Å². The van der Waals surface area contributed by atoms with Crippen LogP contribution in [-0.4, -0.2) is 55.7 Å². The van der Waals surface area contributed by atoms with Gasteiger partial charge in [-0.1, -0.05) is 17.3 Å². The summed E-state index contributed by atoms with van der Waals surface area (Å²) >= 11 is 4.46. The van der Waals surface area contributed by atoms with Gasteiger partial charge in [-0.15, -0.1) is 5.10 Å². The summed E-state index contributed by atoms with van der Waals surface area (Å²) < 4.78 is 13.0. The van der Waals surface area contributed by atoms with Crippen molar-refractivity contribution in [3.63, 3.8) is 0 Å². The fraction of sp³-hybridized carbons (Fsp3) is 0.550.